The molecule has 3 heterocycles. The maximum atomic E-state index is 12.8. The molecule has 1 atom stereocenters. The highest BCUT2D eigenvalue weighted by atomic mass is 32.1. The quantitative estimate of drug-likeness (QED) is 0.692. The van der Waals surface area contributed by atoms with Gasteiger partial charge in [0, 0.05) is 6.54 Å². The molecule has 0 radical (unpaired) electrons. The van der Waals surface area contributed by atoms with Gasteiger partial charge in [-0.3, -0.25) is 4.79 Å². The number of rotatable bonds is 5. The van der Waals surface area contributed by atoms with Gasteiger partial charge in [0.05, 0.1) is 34.3 Å². The molecule has 27 heavy (non-hydrogen) atoms. The molecule has 0 saturated heterocycles. The number of halogens is 3. The summed E-state index contributed by atoms with van der Waals surface area (Å²) in [5.41, 5.74) is -1.88. The molecule has 144 valence electrons. The van der Waals surface area contributed by atoms with E-state index < -0.39 is 24.2 Å². The number of fused-ring (bicyclic) bond motifs is 1. The van der Waals surface area contributed by atoms with E-state index in [2.05, 4.69) is 15.4 Å². The Morgan fingerprint density at radius 1 is 1.41 bits per heavy atom. The van der Waals surface area contributed by atoms with Crippen LogP contribution in [0.2, 0.25) is 0 Å². The predicted molar refractivity (Wildman–Crippen MR) is 95.5 cm³/mol. The highest BCUT2D eigenvalue weighted by Crippen LogP contribution is 2.30. The van der Waals surface area contributed by atoms with Gasteiger partial charge in [0.1, 0.15) is 0 Å². The molecular weight excluding hydrogens is 381 g/mol. The van der Waals surface area contributed by atoms with E-state index in [4.69, 9.17) is 0 Å². The number of pyridine rings is 1. The van der Waals surface area contributed by atoms with E-state index in [-0.39, 0.29) is 5.56 Å². The molecule has 0 bridgehead atoms. The summed E-state index contributed by atoms with van der Waals surface area (Å²) in [7, 11) is 0. The van der Waals surface area contributed by atoms with Gasteiger partial charge in [0.25, 0.3) is 5.91 Å². The number of aromatic nitrogens is 3. The normalized spacial score (nSPS) is 14.3. The van der Waals surface area contributed by atoms with Crippen LogP contribution in [-0.4, -0.2) is 44.1 Å². The van der Waals surface area contributed by atoms with Crippen LogP contribution in [0.5, 0.6) is 0 Å². The Balaban J connectivity index is 2.00. The molecule has 0 aliphatic rings. The predicted octanol–water partition coefficient (Wildman–Crippen LogP) is 3.22. The molecule has 0 spiro atoms. The highest BCUT2D eigenvalue weighted by molar-refractivity contribution is 7.13. The van der Waals surface area contributed by atoms with Gasteiger partial charge in [-0.25, -0.2) is 9.67 Å². The lowest BCUT2D eigenvalue weighted by Crippen LogP contribution is -2.51. The summed E-state index contributed by atoms with van der Waals surface area (Å²) in [6.07, 6.45) is -3.40. The van der Waals surface area contributed by atoms with Crippen LogP contribution in [0.15, 0.2) is 29.8 Å². The van der Waals surface area contributed by atoms with Gasteiger partial charge in [0.15, 0.2) is 11.2 Å². The summed E-state index contributed by atoms with van der Waals surface area (Å²) < 4.78 is 40.1. The summed E-state index contributed by atoms with van der Waals surface area (Å²) in [5, 5.41) is 18.2. The average molecular weight is 398 g/mol. The SMILES string of the molecule is CCn1ncc2c(C(=O)NC[C@](C)(O)C(F)(F)F)cc(-c3cccs3)nc21. The zero-order chi connectivity index (χ0) is 19.8. The van der Waals surface area contributed by atoms with Crippen molar-refractivity contribution >= 4 is 28.3 Å². The van der Waals surface area contributed by atoms with Gasteiger partial charge in [-0.15, -0.1) is 11.3 Å². The van der Waals surface area contributed by atoms with Crippen molar-refractivity contribution in [3.8, 4) is 10.6 Å². The smallest absolute Gasteiger partial charge is 0.379 e. The zero-order valence-corrected chi connectivity index (χ0v) is 15.4. The molecule has 6 nitrogen and oxygen atoms in total. The van der Waals surface area contributed by atoms with Crippen LogP contribution in [-0.2, 0) is 6.54 Å². The van der Waals surface area contributed by atoms with Crippen LogP contribution in [0.1, 0.15) is 24.2 Å². The number of hydrogen-bond acceptors (Lipinski definition) is 5. The number of alkyl halides is 3. The highest BCUT2D eigenvalue weighted by Gasteiger charge is 2.50. The Morgan fingerprint density at radius 3 is 2.74 bits per heavy atom. The molecule has 3 aromatic heterocycles. The monoisotopic (exact) mass is 398 g/mol. The van der Waals surface area contributed by atoms with Crippen LogP contribution in [0.25, 0.3) is 21.6 Å². The number of aliphatic hydroxyl groups is 1. The van der Waals surface area contributed by atoms with Crippen molar-refractivity contribution < 1.29 is 23.1 Å². The first-order valence-electron chi connectivity index (χ1n) is 8.12. The molecule has 0 aliphatic carbocycles. The molecule has 0 aromatic carbocycles. The molecule has 1 amide bonds. The number of amides is 1. The van der Waals surface area contributed by atoms with Gasteiger partial charge >= 0.3 is 6.18 Å². The fraction of sp³-hybridized carbons (Fsp3) is 0.353. The Labute approximate surface area is 156 Å². The number of nitrogens with zero attached hydrogens (tertiary/aromatic N) is 3. The topological polar surface area (TPSA) is 80.0 Å². The summed E-state index contributed by atoms with van der Waals surface area (Å²) >= 11 is 1.43. The van der Waals surface area contributed by atoms with Crippen LogP contribution >= 0.6 is 11.3 Å². The second-order valence-electron chi connectivity index (χ2n) is 6.18. The first-order valence-corrected chi connectivity index (χ1v) is 8.99. The number of carbonyl (C=O) groups is 1. The van der Waals surface area contributed by atoms with Crippen LogP contribution in [0.4, 0.5) is 13.2 Å². The van der Waals surface area contributed by atoms with Gasteiger partial charge in [-0.2, -0.15) is 18.3 Å². The molecule has 2 N–H and O–H groups in total. The number of aryl methyl sites for hydroxylation is 1. The fourth-order valence-electron chi connectivity index (χ4n) is 2.47. The fourth-order valence-corrected chi connectivity index (χ4v) is 3.15. The second-order valence-corrected chi connectivity index (χ2v) is 7.13. The van der Waals surface area contributed by atoms with E-state index in [1.807, 2.05) is 24.4 Å². The molecule has 0 fully saturated rings. The largest absolute Gasteiger partial charge is 0.418 e. The van der Waals surface area contributed by atoms with Crippen molar-refractivity contribution in [3.63, 3.8) is 0 Å². The molecule has 0 saturated carbocycles. The van der Waals surface area contributed by atoms with Crippen LogP contribution < -0.4 is 5.32 Å². The summed E-state index contributed by atoms with van der Waals surface area (Å²) in [5.74, 6) is -0.736. The van der Waals surface area contributed by atoms with Crippen molar-refractivity contribution in [2.45, 2.75) is 32.2 Å². The van der Waals surface area contributed by atoms with Crippen LogP contribution in [0, 0.1) is 0 Å². The second kappa shape index (κ2) is 6.93. The third-order valence-electron chi connectivity index (χ3n) is 4.13. The zero-order valence-electron chi connectivity index (χ0n) is 14.5. The van der Waals surface area contributed by atoms with E-state index in [0.717, 1.165) is 4.88 Å². The van der Waals surface area contributed by atoms with E-state index >= 15 is 0 Å². The van der Waals surface area contributed by atoms with Crippen molar-refractivity contribution in [3.05, 3.63) is 35.3 Å². The molecular formula is C17H17F3N4O2S. The minimum absolute atomic E-state index is 0.154. The first-order chi connectivity index (χ1) is 12.6. The summed E-state index contributed by atoms with van der Waals surface area (Å²) in [6.45, 7) is 2.04. The Hall–Kier alpha value is -2.46. The maximum absolute atomic E-state index is 12.8. The lowest BCUT2D eigenvalue weighted by Gasteiger charge is -2.26. The lowest BCUT2D eigenvalue weighted by atomic mass is 10.1. The van der Waals surface area contributed by atoms with E-state index in [1.54, 1.807) is 4.68 Å². The minimum atomic E-state index is -4.86. The average Bonchev–Trinajstić information content (AvgIpc) is 3.27. The Kier molecular flexibility index (Phi) is 4.96. The van der Waals surface area contributed by atoms with Gasteiger partial charge in [0.2, 0.25) is 0 Å². The molecule has 3 rings (SSSR count). The van der Waals surface area contributed by atoms with E-state index in [0.29, 0.717) is 30.2 Å². The van der Waals surface area contributed by atoms with Gasteiger partial charge in [-0.05, 0) is 31.4 Å². The van der Waals surface area contributed by atoms with Crippen LogP contribution in [0.3, 0.4) is 0 Å². The summed E-state index contributed by atoms with van der Waals surface area (Å²) in [6, 6.07) is 5.19. The van der Waals surface area contributed by atoms with Crippen molar-refractivity contribution in [1.82, 2.24) is 20.1 Å². The van der Waals surface area contributed by atoms with Gasteiger partial charge in [-0.1, -0.05) is 6.07 Å². The minimum Gasteiger partial charge on any atom is -0.379 e. The summed E-state index contributed by atoms with van der Waals surface area (Å²) in [4.78, 5) is 18.0. The number of nitrogens with one attached hydrogen (secondary N) is 1. The molecule has 10 heteroatoms. The molecule has 3 aromatic rings. The Bertz CT molecular complexity index is 965. The third-order valence-corrected chi connectivity index (χ3v) is 5.02. The van der Waals surface area contributed by atoms with Gasteiger partial charge < -0.3 is 10.4 Å². The molecule has 0 aliphatic heterocycles. The van der Waals surface area contributed by atoms with Crippen molar-refractivity contribution in [1.29, 1.82) is 0 Å². The van der Waals surface area contributed by atoms with E-state index in [9.17, 15) is 23.1 Å². The number of thiophene rings is 1. The first kappa shape index (κ1) is 19.3. The number of carbonyl (C=O) groups excluding carboxylic acids is 1. The van der Waals surface area contributed by atoms with Crippen molar-refractivity contribution in [2.24, 2.45) is 0 Å². The Morgan fingerprint density at radius 2 is 2.15 bits per heavy atom. The standard InChI is InChI=1S/C17H17F3N4O2S/c1-3-24-14-11(8-22-24)10(7-12(23-14)13-5-4-6-27-13)15(25)21-9-16(2,26)17(18,19)20/h4-8,26H,3,9H2,1-2H3,(H,21,25)/t16-/m0/s1. The van der Waals surface area contributed by atoms with E-state index in [1.165, 1.54) is 23.6 Å². The lowest BCUT2D eigenvalue weighted by molar-refractivity contribution is -0.249. The number of hydrogen-bond donors (Lipinski definition) is 2. The molecule has 0 unspecified atom stereocenters. The maximum Gasteiger partial charge on any atom is 0.418 e. The third kappa shape index (κ3) is 3.67. The van der Waals surface area contributed by atoms with Crippen molar-refractivity contribution in [2.75, 3.05) is 6.54 Å².